The van der Waals surface area contributed by atoms with E-state index >= 15 is 0 Å². The monoisotopic (exact) mass is 544 g/mol. The molecular formula is C10H14Br4O2P2. The molecule has 104 valence electrons. The second-order valence-corrected chi connectivity index (χ2v) is 27.8. The minimum absolute atomic E-state index is 0.186. The third kappa shape index (κ3) is 2.19. The molecule has 0 saturated heterocycles. The second-order valence-electron chi connectivity index (χ2n) is 6.33. The molecule has 0 aromatic rings. The molecule has 0 N–H and O–H groups in total. The first-order valence-electron chi connectivity index (χ1n) is 6.06. The van der Waals surface area contributed by atoms with Crippen LogP contribution in [0.1, 0.15) is 38.5 Å². The molecule has 4 rings (SSSR count). The number of rotatable bonds is 2. The number of hydrogen-bond donors (Lipinski definition) is 0. The summed E-state index contributed by atoms with van der Waals surface area (Å²) in [6, 6.07) is 0. The fourth-order valence-corrected chi connectivity index (χ4v) is 12.7. The van der Waals surface area contributed by atoms with Crippen LogP contribution in [-0.2, 0) is 9.13 Å². The Labute approximate surface area is 140 Å². The molecule has 0 atom stereocenters. The van der Waals surface area contributed by atoms with Gasteiger partial charge in [-0.15, -0.1) is 0 Å². The molecule has 0 heterocycles. The van der Waals surface area contributed by atoms with Gasteiger partial charge in [-0.05, 0) is 112 Å². The normalized spacial score (nSPS) is 47.6. The fourth-order valence-electron chi connectivity index (χ4n) is 4.78. The maximum atomic E-state index is 12.7. The third-order valence-corrected chi connectivity index (χ3v) is 17.4. The quantitative estimate of drug-likeness (QED) is 0.348. The molecule has 0 spiro atoms. The van der Waals surface area contributed by atoms with Gasteiger partial charge in [0.05, 0.1) is 0 Å². The van der Waals surface area contributed by atoms with Crippen molar-refractivity contribution in [1.82, 2.24) is 0 Å². The summed E-state index contributed by atoms with van der Waals surface area (Å²) in [5.41, 5.74) is 0. The van der Waals surface area contributed by atoms with Crippen molar-refractivity contribution in [2.75, 3.05) is 0 Å². The van der Waals surface area contributed by atoms with E-state index in [9.17, 15) is 9.13 Å². The van der Waals surface area contributed by atoms with E-state index in [4.69, 9.17) is 0 Å². The van der Waals surface area contributed by atoms with Crippen molar-refractivity contribution < 1.29 is 9.13 Å². The van der Waals surface area contributed by atoms with Gasteiger partial charge >= 0.3 is 0 Å². The topological polar surface area (TPSA) is 34.1 Å². The van der Waals surface area contributed by atoms with Crippen molar-refractivity contribution >= 4 is 71.1 Å². The van der Waals surface area contributed by atoms with Gasteiger partial charge in [-0.3, -0.25) is 9.13 Å². The lowest BCUT2D eigenvalue weighted by molar-refractivity contribution is 0.0507. The smallest absolute Gasteiger partial charge is 0.214 e. The highest BCUT2D eigenvalue weighted by molar-refractivity contribution is 9.71. The van der Waals surface area contributed by atoms with E-state index in [1.807, 2.05) is 0 Å². The van der Waals surface area contributed by atoms with Crippen LogP contribution in [0, 0.1) is 11.8 Å². The van der Waals surface area contributed by atoms with Gasteiger partial charge in [0.2, 0.25) is 9.09 Å². The molecule has 0 unspecified atom stereocenters. The molecule has 4 aliphatic rings. The Hall–Kier alpha value is 2.38. The molecule has 4 fully saturated rings. The van der Waals surface area contributed by atoms with Gasteiger partial charge < -0.3 is 0 Å². The first-order valence-corrected chi connectivity index (χ1v) is 17.5. The summed E-state index contributed by atoms with van der Waals surface area (Å²) in [6.07, 6.45) is 6.08. The van der Waals surface area contributed by atoms with E-state index < -0.39 is 9.09 Å². The minimum atomic E-state index is -2.52. The number of hydrogen-bond acceptors (Lipinski definition) is 2. The van der Waals surface area contributed by atoms with Gasteiger partial charge in [0.25, 0.3) is 0 Å². The zero-order chi connectivity index (χ0) is 13.4. The van der Waals surface area contributed by atoms with Crippen LogP contribution in [0.15, 0.2) is 0 Å². The van der Waals surface area contributed by atoms with E-state index in [1.165, 1.54) is 6.42 Å². The van der Waals surface area contributed by atoms with E-state index in [0.717, 1.165) is 32.1 Å². The van der Waals surface area contributed by atoms with Crippen molar-refractivity contribution in [2.24, 2.45) is 11.8 Å². The molecule has 4 aliphatic carbocycles. The molecule has 0 aromatic heterocycles. The van der Waals surface area contributed by atoms with Gasteiger partial charge in [-0.1, -0.05) is 0 Å². The maximum absolute atomic E-state index is 12.7. The van der Waals surface area contributed by atoms with Crippen LogP contribution in [0.2, 0.25) is 0 Å². The van der Waals surface area contributed by atoms with Crippen LogP contribution in [0.4, 0.5) is 0 Å². The zero-order valence-corrected chi connectivity index (χ0v) is 17.8. The molecule has 0 radical (unpaired) electrons. The maximum Gasteiger partial charge on any atom is 0.214 e. The highest BCUT2D eigenvalue weighted by Gasteiger charge is 2.66. The average molecular weight is 548 g/mol. The first kappa shape index (κ1) is 15.3. The summed E-state index contributed by atoms with van der Waals surface area (Å²) in [5, 5.41) is -0.372. The van der Waals surface area contributed by atoms with Gasteiger partial charge in [-0.2, -0.15) is 0 Å². The van der Waals surface area contributed by atoms with Crippen molar-refractivity contribution in [3.63, 3.8) is 0 Å². The van der Waals surface area contributed by atoms with Crippen molar-refractivity contribution in [3.05, 3.63) is 0 Å². The van der Waals surface area contributed by atoms with Gasteiger partial charge in [-0.25, -0.2) is 0 Å². The van der Waals surface area contributed by atoms with E-state index in [-0.39, 0.29) is 10.3 Å². The van der Waals surface area contributed by atoms with E-state index in [2.05, 4.69) is 62.0 Å². The highest BCUT2D eigenvalue weighted by atomic mass is 79.9. The van der Waals surface area contributed by atoms with Gasteiger partial charge in [0.1, 0.15) is 0 Å². The largest absolute Gasteiger partial charge is 0.299 e. The van der Waals surface area contributed by atoms with Crippen molar-refractivity contribution in [3.8, 4) is 0 Å². The lowest BCUT2D eigenvalue weighted by atomic mass is 9.55. The fraction of sp³-hybridized carbons (Fsp3) is 1.00. The average Bonchev–Trinajstić information content (AvgIpc) is 2.11. The second kappa shape index (κ2) is 4.44. The van der Waals surface area contributed by atoms with Gasteiger partial charge in [0, 0.05) is 10.3 Å². The first-order chi connectivity index (χ1) is 8.07. The molecule has 0 amide bonds. The summed E-state index contributed by atoms with van der Waals surface area (Å²) >= 11 is 13.6. The molecule has 4 saturated carbocycles. The Morgan fingerprint density at radius 3 is 1.39 bits per heavy atom. The Kier molecular flexibility index (Phi) is 3.77. The highest BCUT2D eigenvalue weighted by Crippen LogP contribution is 2.87. The Morgan fingerprint density at radius 2 is 1.11 bits per heavy atom. The molecule has 18 heavy (non-hydrogen) atoms. The Morgan fingerprint density at radius 1 is 0.778 bits per heavy atom. The SMILES string of the molecule is O=P(Br)(Br)C12CC3CC(C1)CC(P(=O)(Br)Br)(C3)C2. The summed E-state index contributed by atoms with van der Waals surface area (Å²) in [6.45, 7) is 0. The Balaban J connectivity index is 2.09. The lowest BCUT2D eigenvalue weighted by Gasteiger charge is -2.62. The van der Waals surface area contributed by atoms with Crippen LogP contribution in [0.25, 0.3) is 0 Å². The standard InChI is InChI=1S/C10H14Br4O2P2/c11-17(12,15)9-2-7-1-8(4-9)5-10(3-7,6-9)18(13,14)16/h7-8H,1-6H2. The molecule has 8 heteroatoms. The molecule has 0 aliphatic heterocycles. The molecular weight excluding hydrogens is 534 g/mol. The summed E-state index contributed by atoms with van der Waals surface area (Å²) in [4.78, 5) is 0. The van der Waals surface area contributed by atoms with Crippen molar-refractivity contribution in [2.45, 2.75) is 48.8 Å². The van der Waals surface area contributed by atoms with E-state index in [1.54, 1.807) is 0 Å². The van der Waals surface area contributed by atoms with E-state index in [0.29, 0.717) is 11.8 Å². The van der Waals surface area contributed by atoms with Crippen LogP contribution in [-0.4, -0.2) is 10.3 Å². The van der Waals surface area contributed by atoms with Crippen molar-refractivity contribution in [1.29, 1.82) is 0 Å². The predicted octanol–water partition coefficient (Wildman–Crippen LogP) is 7.04. The minimum Gasteiger partial charge on any atom is -0.299 e. The van der Waals surface area contributed by atoms with Crippen LogP contribution >= 0.6 is 71.1 Å². The zero-order valence-electron chi connectivity index (χ0n) is 9.62. The molecule has 2 nitrogen and oxygen atoms in total. The molecule has 4 bridgehead atoms. The van der Waals surface area contributed by atoms with Crippen LogP contribution in [0.5, 0.6) is 0 Å². The van der Waals surface area contributed by atoms with Gasteiger partial charge in [0.15, 0.2) is 0 Å². The lowest BCUT2D eigenvalue weighted by Crippen LogP contribution is -2.56. The third-order valence-electron chi connectivity index (χ3n) is 5.10. The Bertz CT molecular complexity index is 428. The summed E-state index contributed by atoms with van der Waals surface area (Å²) in [7, 11) is 0. The van der Waals surface area contributed by atoms with Crippen LogP contribution < -0.4 is 0 Å². The summed E-state index contributed by atoms with van der Waals surface area (Å²) < 4.78 is 20.3. The predicted molar refractivity (Wildman–Crippen MR) is 91.1 cm³/mol. The van der Waals surface area contributed by atoms with Crippen LogP contribution in [0.3, 0.4) is 0 Å². The number of halogens is 4. The molecule has 0 aromatic carbocycles. The summed E-state index contributed by atoms with van der Waals surface area (Å²) in [5.74, 6) is 1.16.